The van der Waals surface area contributed by atoms with Gasteiger partial charge in [-0.3, -0.25) is 4.90 Å². The highest BCUT2D eigenvalue weighted by atomic mass is 32.1. The van der Waals surface area contributed by atoms with Gasteiger partial charge in [0.15, 0.2) is 0 Å². The predicted molar refractivity (Wildman–Crippen MR) is 91.4 cm³/mol. The molecule has 1 unspecified atom stereocenters. The summed E-state index contributed by atoms with van der Waals surface area (Å²) >= 11 is 1.94. The highest BCUT2D eigenvalue weighted by Gasteiger charge is 2.12. The molecular weight excluding hydrogens is 264 g/mol. The third kappa shape index (κ3) is 5.94. The molecule has 3 heteroatoms. The number of hydrogen-bond acceptors (Lipinski definition) is 3. The van der Waals surface area contributed by atoms with Crippen LogP contribution in [-0.2, 0) is 13.1 Å². The number of aryl methyl sites for hydroxylation is 1. The molecular formula is C17H32N2S. The highest BCUT2D eigenvalue weighted by molar-refractivity contribution is 7.12. The minimum atomic E-state index is 0.668. The molecule has 0 bridgehead atoms. The first-order valence-electron chi connectivity index (χ1n) is 7.93. The van der Waals surface area contributed by atoms with Crippen molar-refractivity contribution in [2.45, 2.75) is 66.6 Å². The first-order valence-corrected chi connectivity index (χ1v) is 8.74. The lowest BCUT2D eigenvalue weighted by Gasteiger charge is -2.24. The van der Waals surface area contributed by atoms with Crippen LogP contribution in [0.1, 0.15) is 55.9 Å². The molecule has 0 radical (unpaired) electrons. The summed E-state index contributed by atoms with van der Waals surface area (Å²) < 4.78 is 0. The molecule has 0 saturated heterocycles. The summed E-state index contributed by atoms with van der Waals surface area (Å²) in [5.41, 5.74) is 1.50. The fraction of sp³-hybridized carbons (Fsp3) is 0.765. The first-order chi connectivity index (χ1) is 9.43. The third-order valence-corrected chi connectivity index (χ3v) is 4.89. The van der Waals surface area contributed by atoms with Gasteiger partial charge in [-0.1, -0.05) is 27.2 Å². The fourth-order valence-corrected chi connectivity index (χ4v) is 3.40. The molecule has 1 heterocycles. The summed E-state index contributed by atoms with van der Waals surface area (Å²) in [5.74, 6) is 0.719. The van der Waals surface area contributed by atoms with E-state index in [1.54, 1.807) is 0 Å². The summed E-state index contributed by atoms with van der Waals surface area (Å²) in [6.45, 7) is 14.5. The molecule has 0 saturated carbocycles. The van der Waals surface area contributed by atoms with Gasteiger partial charge < -0.3 is 5.32 Å². The number of hydrogen-bond donors (Lipinski definition) is 1. The first kappa shape index (κ1) is 17.7. The minimum absolute atomic E-state index is 0.668. The van der Waals surface area contributed by atoms with Gasteiger partial charge in [-0.25, -0.2) is 0 Å². The van der Waals surface area contributed by atoms with E-state index in [0.717, 1.165) is 25.6 Å². The van der Waals surface area contributed by atoms with Gasteiger partial charge in [0, 0.05) is 28.9 Å². The maximum absolute atomic E-state index is 3.53. The van der Waals surface area contributed by atoms with Crippen molar-refractivity contribution in [2.75, 3.05) is 13.6 Å². The Bertz CT molecular complexity index is 384. The normalized spacial score (nSPS) is 13.4. The lowest BCUT2D eigenvalue weighted by Crippen LogP contribution is -2.28. The summed E-state index contributed by atoms with van der Waals surface area (Å²) in [7, 11) is 2.24. The van der Waals surface area contributed by atoms with E-state index in [1.165, 1.54) is 28.2 Å². The van der Waals surface area contributed by atoms with Crippen molar-refractivity contribution in [3.8, 4) is 0 Å². The van der Waals surface area contributed by atoms with E-state index >= 15 is 0 Å². The monoisotopic (exact) mass is 296 g/mol. The molecule has 2 nitrogen and oxygen atoms in total. The van der Waals surface area contributed by atoms with Crippen LogP contribution in [0.15, 0.2) is 6.07 Å². The van der Waals surface area contributed by atoms with Gasteiger partial charge in [-0.2, -0.15) is 0 Å². The lowest BCUT2D eigenvalue weighted by molar-refractivity contribution is 0.236. The van der Waals surface area contributed by atoms with E-state index in [4.69, 9.17) is 0 Å². The molecule has 1 rings (SSSR count). The fourth-order valence-electron chi connectivity index (χ4n) is 2.38. The molecule has 0 aromatic carbocycles. The predicted octanol–water partition coefficient (Wildman–Crippen LogP) is 4.42. The molecule has 0 spiro atoms. The van der Waals surface area contributed by atoms with Crippen molar-refractivity contribution in [3.63, 3.8) is 0 Å². The van der Waals surface area contributed by atoms with E-state index in [0.29, 0.717) is 6.04 Å². The molecule has 1 N–H and O–H groups in total. The van der Waals surface area contributed by atoms with E-state index < -0.39 is 0 Å². The van der Waals surface area contributed by atoms with Crippen LogP contribution < -0.4 is 5.32 Å². The van der Waals surface area contributed by atoms with Crippen LogP contribution in [0.4, 0.5) is 0 Å². The number of rotatable bonds is 9. The van der Waals surface area contributed by atoms with Crippen LogP contribution in [0, 0.1) is 12.8 Å². The Morgan fingerprint density at radius 2 is 2.00 bits per heavy atom. The van der Waals surface area contributed by atoms with Gasteiger partial charge in [0.1, 0.15) is 0 Å². The average Bonchev–Trinajstić information content (AvgIpc) is 2.69. The van der Waals surface area contributed by atoms with Crippen molar-refractivity contribution in [3.05, 3.63) is 21.4 Å². The van der Waals surface area contributed by atoms with Crippen molar-refractivity contribution >= 4 is 11.3 Å². The smallest absolute Gasteiger partial charge is 0.0300 e. The summed E-state index contributed by atoms with van der Waals surface area (Å²) in [6, 6.07) is 3.06. The SMILES string of the molecule is CCCC(C)N(C)Cc1cc(CNCC(C)C)sc1C. The summed E-state index contributed by atoms with van der Waals surface area (Å²) in [5, 5.41) is 3.53. The van der Waals surface area contributed by atoms with Crippen LogP contribution in [0.3, 0.4) is 0 Å². The zero-order chi connectivity index (χ0) is 15.1. The summed E-state index contributed by atoms with van der Waals surface area (Å²) in [4.78, 5) is 5.42. The minimum Gasteiger partial charge on any atom is -0.312 e. The molecule has 0 aliphatic rings. The molecule has 1 atom stereocenters. The van der Waals surface area contributed by atoms with Crippen molar-refractivity contribution in [1.82, 2.24) is 10.2 Å². The Balaban J connectivity index is 2.52. The molecule has 20 heavy (non-hydrogen) atoms. The topological polar surface area (TPSA) is 15.3 Å². The average molecular weight is 297 g/mol. The second kappa shape index (κ2) is 8.81. The Labute approximate surface area is 129 Å². The van der Waals surface area contributed by atoms with Crippen LogP contribution in [0.5, 0.6) is 0 Å². The molecule has 1 aromatic heterocycles. The van der Waals surface area contributed by atoms with E-state index in [1.807, 2.05) is 11.3 Å². The summed E-state index contributed by atoms with van der Waals surface area (Å²) in [6.07, 6.45) is 2.54. The number of thiophene rings is 1. The van der Waals surface area contributed by atoms with Crippen LogP contribution in [0.25, 0.3) is 0 Å². The molecule has 0 aliphatic carbocycles. The second-order valence-electron chi connectivity index (χ2n) is 6.37. The quantitative estimate of drug-likeness (QED) is 0.725. The maximum Gasteiger partial charge on any atom is 0.0300 e. The van der Waals surface area contributed by atoms with Crippen LogP contribution >= 0.6 is 11.3 Å². The van der Waals surface area contributed by atoms with Gasteiger partial charge in [-0.05, 0) is 51.4 Å². The highest BCUT2D eigenvalue weighted by Crippen LogP contribution is 2.23. The van der Waals surface area contributed by atoms with Gasteiger partial charge in [0.25, 0.3) is 0 Å². The lowest BCUT2D eigenvalue weighted by atomic mass is 10.1. The van der Waals surface area contributed by atoms with Gasteiger partial charge in [0.05, 0.1) is 0 Å². The van der Waals surface area contributed by atoms with Gasteiger partial charge in [-0.15, -0.1) is 11.3 Å². The number of nitrogens with zero attached hydrogens (tertiary/aromatic N) is 1. The standard InChI is InChI=1S/C17H32N2S/c1-7-8-14(4)19(6)12-16-9-17(20-15(16)5)11-18-10-13(2)3/h9,13-14,18H,7-8,10-12H2,1-6H3. The number of nitrogens with one attached hydrogen (secondary N) is 1. The Morgan fingerprint density at radius 1 is 1.30 bits per heavy atom. The maximum atomic E-state index is 3.53. The van der Waals surface area contributed by atoms with Crippen molar-refractivity contribution < 1.29 is 0 Å². The van der Waals surface area contributed by atoms with E-state index in [9.17, 15) is 0 Å². The molecule has 0 fully saturated rings. The Kier molecular flexibility index (Phi) is 7.78. The Hall–Kier alpha value is -0.380. The molecule has 116 valence electrons. The second-order valence-corrected chi connectivity index (χ2v) is 7.71. The van der Waals surface area contributed by atoms with Crippen LogP contribution in [-0.4, -0.2) is 24.5 Å². The molecule has 1 aromatic rings. The van der Waals surface area contributed by atoms with Gasteiger partial charge in [0.2, 0.25) is 0 Å². The zero-order valence-corrected chi connectivity index (χ0v) is 14.9. The molecule has 0 aliphatic heterocycles. The van der Waals surface area contributed by atoms with Crippen molar-refractivity contribution in [1.29, 1.82) is 0 Å². The van der Waals surface area contributed by atoms with E-state index in [-0.39, 0.29) is 0 Å². The molecule has 0 amide bonds. The third-order valence-electron chi connectivity index (χ3n) is 3.80. The van der Waals surface area contributed by atoms with Gasteiger partial charge >= 0.3 is 0 Å². The largest absolute Gasteiger partial charge is 0.312 e. The van der Waals surface area contributed by atoms with Crippen LogP contribution in [0.2, 0.25) is 0 Å². The zero-order valence-electron chi connectivity index (χ0n) is 14.1. The van der Waals surface area contributed by atoms with Crippen molar-refractivity contribution in [2.24, 2.45) is 5.92 Å². The Morgan fingerprint density at radius 3 is 2.60 bits per heavy atom. The van der Waals surface area contributed by atoms with E-state index in [2.05, 4.69) is 57.9 Å².